The molecule has 0 bridgehead atoms. The van der Waals surface area contributed by atoms with Crippen molar-refractivity contribution < 1.29 is 37.0 Å². The highest BCUT2D eigenvalue weighted by Crippen LogP contribution is 2.43. The molecule has 34 heavy (non-hydrogen) atoms. The third-order valence-corrected chi connectivity index (χ3v) is 5.69. The zero-order valence-electron chi connectivity index (χ0n) is 18.2. The summed E-state index contributed by atoms with van der Waals surface area (Å²) in [5, 5.41) is 10.0. The lowest BCUT2D eigenvalue weighted by Gasteiger charge is -2.18. The molecule has 4 rings (SSSR count). The molecule has 0 aliphatic carbocycles. The molecular formula is C25H21F4NO4. The van der Waals surface area contributed by atoms with Crippen LogP contribution in [0.3, 0.4) is 0 Å². The summed E-state index contributed by atoms with van der Waals surface area (Å²) in [5.74, 6) is -2.49. The summed E-state index contributed by atoms with van der Waals surface area (Å²) in [4.78, 5) is 25.6. The number of hydrogen-bond donors (Lipinski definition) is 1. The number of nitrogens with zero attached hydrogens (tertiary/aromatic N) is 1. The Kier molecular flexibility index (Phi) is 6.20. The fraction of sp³-hybridized carbons (Fsp3) is 0.280. The maximum absolute atomic E-state index is 14.9. The van der Waals surface area contributed by atoms with Gasteiger partial charge in [-0.3, -0.25) is 9.59 Å². The summed E-state index contributed by atoms with van der Waals surface area (Å²) < 4.78 is 59.1. The summed E-state index contributed by atoms with van der Waals surface area (Å²) in [6.45, 7) is 0.231. The van der Waals surface area contributed by atoms with Crippen LogP contribution in [0.4, 0.5) is 23.2 Å². The zero-order valence-corrected chi connectivity index (χ0v) is 18.2. The van der Waals surface area contributed by atoms with Gasteiger partial charge >= 0.3 is 12.1 Å². The third-order valence-electron chi connectivity index (χ3n) is 5.69. The average Bonchev–Trinajstić information content (AvgIpc) is 3.09. The van der Waals surface area contributed by atoms with Gasteiger partial charge < -0.3 is 14.7 Å². The van der Waals surface area contributed by atoms with E-state index in [0.717, 1.165) is 11.0 Å². The lowest BCUT2D eigenvalue weighted by molar-refractivity contribution is -0.153. The van der Waals surface area contributed by atoms with E-state index in [9.17, 15) is 27.2 Å². The van der Waals surface area contributed by atoms with Crippen molar-refractivity contribution in [3.63, 3.8) is 0 Å². The first kappa shape index (κ1) is 23.5. The molecule has 0 radical (unpaired) electrons. The Bertz CT molecular complexity index is 1290. The number of fused-ring (bicyclic) bond motifs is 2. The van der Waals surface area contributed by atoms with E-state index < -0.39 is 30.5 Å². The predicted molar refractivity (Wildman–Crippen MR) is 118 cm³/mol. The van der Waals surface area contributed by atoms with Crippen LogP contribution in [0.1, 0.15) is 40.4 Å². The zero-order chi connectivity index (χ0) is 24.6. The number of carboxylic acids is 1. The van der Waals surface area contributed by atoms with Crippen molar-refractivity contribution in [3.05, 3.63) is 70.5 Å². The third kappa shape index (κ3) is 4.42. The number of anilines is 1. The highest BCUT2D eigenvalue weighted by Gasteiger charge is 2.38. The Hall–Kier alpha value is -3.62. The van der Waals surface area contributed by atoms with E-state index in [1.165, 1.54) is 12.1 Å². The second-order valence-corrected chi connectivity index (χ2v) is 8.11. The predicted octanol–water partition coefficient (Wildman–Crippen LogP) is 5.66. The summed E-state index contributed by atoms with van der Waals surface area (Å²) in [6.07, 6.45) is -3.77. The minimum absolute atomic E-state index is 0.0402. The van der Waals surface area contributed by atoms with Crippen LogP contribution >= 0.6 is 0 Å². The molecule has 1 amide bonds. The Morgan fingerprint density at radius 1 is 1.15 bits per heavy atom. The minimum atomic E-state index is -4.58. The maximum Gasteiger partial charge on any atom is 0.422 e. The summed E-state index contributed by atoms with van der Waals surface area (Å²) >= 11 is 0. The molecule has 178 valence electrons. The second kappa shape index (κ2) is 8.96. The number of benzene rings is 3. The summed E-state index contributed by atoms with van der Waals surface area (Å²) in [5.41, 5.74) is 1.34. The normalized spacial score (nSPS) is 13.4. The number of alkyl halides is 3. The molecule has 9 heteroatoms. The monoisotopic (exact) mass is 475 g/mol. The number of amides is 1. The number of hydrogen-bond acceptors (Lipinski definition) is 3. The van der Waals surface area contributed by atoms with Crippen LogP contribution in [0, 0.1) is 5.82 Å². The minimum Gasteiger partial charge on any atom is -0.483 e. The van der Waals surface area contributed by atoms with Crippen molar-refractivity contribution in [2.24, 2.45) is 0 Å². The first-order chi connectivity index (χ1) is 16.1. The lowest BCUT2D eigenvalue weighted by atomic mass is 9.91. The van der Waals surface area contributed by atoms with Crippen molar-refractivity contribution in [3.8, 4) is 5.75 Å². The van der Waals surface area contributed by atoms with Crippen LogP contribution in [-0.4, -0.2) is 29.8 Å². The largest absolute Gasteiger partial charge is 0.483 e. The lowest BCUT2D eigenvalue weighted by Crippen LogP contribution is -2.24. The van der Waals surface area contributed by atoms with Gasteiger partial charge in [0.1, 0.15) is 11.6 Å². The molecule has 1 aliphatic heterocycles. The van der Waals surface area contributed by atoms with E-state index in [4.69, 9.17) is 9.84 Å². The molecule has 3 aromatic carbocycles. The highest BCUT2D eigenvalue weighted by atomic mass is 19.4. The number of carboxylic acid groups (broad SMARTS) is 1. The molecule has 1 aliphatic rings. The standard InChI is InChI=1S/C25H21F4NO4/c1-2-5-16-15-6-3-4-7-17(15)23(34-13-25(27,28)29)18-12-30(24(33)22(16)18)20-9-8-14(10-19(20)26)11-21(31)32/h3-4,6-10H,2,5,11-13H2,1H3,(H,31,32). The average molecular weight is 475 g/mol. The second-order valence-electron chi connectivity index (χ2n) is 8.11. The molecule has 1 N–H and O–H groups in total. The first-order valence-electron chi connectivity index (χ1n) is 10.7. The quantitative estimate of drug-likeness (QED) is 0.448. The molecule has 0 unspecified atom stereocenters. The summed E-state index contributed by atoms with van der Waals surface area (Å²) in [7, 11) is 0. The topological polar surface area (TPSA) is 66.8 Å². The van der Waals surface area contributed by atoms with Gasteiger partial charge in [0.2, 0.25) is 0 Å². The van der Waals surface area contributed by atoms with Gasteiger partial charge in [0.15, 0.2) is 6.61 Å². The maximum atomic E-state index is 14.9. The van der Waals surface area contributed by atoms with Crippen molar-refractivity contribution >= 4 is 28.3 Å². The highest BCUT2D eigenvalue weighted by molar-refractivity contribution is 6.15. The molecular weight excluding hydrogens is 454 g/mol. The number of aryl methyl sites for hydroxylation is 1. The fourth-order valence-electron chi connectivity index (χ4n) is 4.39. The van der Waals surface area contributed by atoms with Gasteiger partial charge in [-0.05, 0) is 35.1 Å². The first-order valence-corrected chi connectivity index (χ1v) is 10.7. The van der Waals surface area contributed by atoms with Crippen molar-refractivity contribution in [2.45, 2.75) is 38.9 Å². The van der Waals surface area contributed by atoms with Crippen LogP contribution in [0.5, 0.6) is 5.75 Å². The van der Waals surface area contributed by atoms with Crippen molar-refractivity contribution in [2.75, 3.05) is 11.5 Å². The molecule has 0 fully saturated rings. The molecule has 0 saturated carbocycles. The number of carbonyl (C=O) groups excluding carboxylic acids is 1. The Labute approximate surface area is 192 Å². The Morgan fingerprint density at radius 3 is 2.47 bits per heavy atom. The van der Waals surface area contributed by atoms with E-state index in [0.29, 0.717) is 29.2 Å². The summed E-state index contributed by atoms with van der Waals surface area (Å²) in [6, 6.07) is 10.6. The number of halogens is 4. The van der Waals surface area contributed by atoms with Crippen LogP contribution in [-0.2, 0) is 24.2 Å². The van der Waals surface area contributed by atoms with E-state index in [1.807, 2.05) is 6.92 Å². The van der Waals surface area contributed by atoms with Crippen LogP contribution < -0.4 is 9.64 Å². The fourth-order valence-corrected chi connectivity index (χ4v) is 4.39. The molecule has 5 nitrogen and oxygen atoms in total. The van der Waals surface area contributed by atoms with Crippen LogP contribution in [0.15, 0.2) is 42.5 Å². The number of rotatable bonds is 7. The van der Waals surface area contributed by atoms with Crippen LogP contribution in [0.2, 0.25) is 0 Å². The smallest absolute Gasteiger partial charge is 0.422 e. The molecule has 1 heterocycles. The molecule has 0 spiro atoms. The Morgan fingerprint density at radius 2 is 1.85 bits per heavy atom. The van der Waals surface area contributed by atoms with E-state index in [2.05, 4.69) is 0 Å². The van der Waals surface area contributed by atoms with E-state index >= 15 is 0 Å². The SMILES string of the molecule is CCCc1c2c(c(OCC(F)(F)F)c3ccccc13)CN(c1ccc(CC(=O)O)cc1F)C2=O. The Balaban J connectivity index is 1.86. The van der Waals surface area contributed by atoms with E-state index in [-0.39, 0.29) is 41.1 Å². The van der Waals surface area contributed by atoms with Gasteiger partial charge in [0.25, 0.3) is 5.91 Å². The van der Waals surface area contributed by atoms with Gasteiger partial charge in [0, 0.05) is 10.9 Å². The van der Waals surface area contributed by atoms with Gasteiger partial charge in [-0.15, -0.1) is 0 Å². The number of carbonyl (C=O) groups is 2. The molecule has 0 saturated heterocycles. The molecule has 0 aromatic heterocycles. The number of aliphatic carboxylic acids is 1. The number of ether oxygens (including phenoxy) is 1. The van der Waals surface area contributed by atoms with Gasteiger partial charge in [0.05, 0.1) is 24.2 Å². The van der Waals surface area contributed by atoms with Crippen molar-refractivity contribution in [1.29, 1.82) is 0 Å². The van der Waals surface area contributed by atoms with Gasteiger partial charge in [-0.1, -0.05) is 43.7 Å². The molecule has 0 atom stereocenters. The van der Waals surface area contributed by atoms with E-state index in [1.54, 1.807) is 24.3 Å². The van der Waals surface area contributed by atoms with Gasteiger partial charge in [-0.25, -0.2) is 4.39 Å². The molecule has 3 aromatic rings. The van der Waals surface area contributed by atoms with Gasteiger partial charge in [-0.2, -0.15) is 13.2 Å². The van der Waals surface area contributed by atoms with Crippen molar-refractivity contribution in [1.82, 2.24) is 0 Å². The van der Waals surface area contributed by atoms with Crippen LogP contribution in [0.25, 0.3) is 10.8 Å².